The standard InChI is InChI=1S/C19H29N3O7/c1-9-27-13(23)11-21-10-12(2)14(20-15(21)24)22(16(25)28-18(3,4)5)17(26)29-19(6,7)8/h10H,9,11H2,1-8H3. The highest BCUT2D eigenvalue weighted by molar-refractivity contribution is 6.09. The number of anilines is 1. The minimum Gasteiger partial charge on any atom is -0.465 e. The third-order valence-electron chi connectivity index (χ3n) is 3.12. The molecular formula is C19H29N3O7. The summed E-state index contributed by atoms with van der Waals surface area (Å²) in [5.74, 6) is -0.849. The summed E-state index contributed by atoms with van der Waals surface area (Å²) < 4.78 is 16.4. The Bertz CT molecular complexity index is 804. The molecule has 0 aliphatic carbocycles. The number of carbonyl (C=O) groups is 3. The molecule has 0 bridgehead atoms. The molecule has 10 heteroatoms. The molecule has 0 N–H and O–H groups in total. The van der Waals surface area contributed by atoms with Crippen LogP contribution in [0, 0.1) is 6.92 Å². The Kier molecular flexibility index (Phi) is 7.54. The molecule has 0 saturated carbocycles. The van der Waals surface area contributed by atoms with E-state index in [1.54, 1.807) is 48.5 Å². The normalized spacial score (nSPS) is 11.6. The molecule has 1 aromatic heterocycles. The highest BCUT2D eigenvalue weighted by atomic mass is 16.6. The average molecular weight is 411 g/mol. The lowest BCUT2D eigenvalue weighted by Gasteiger charge is -2.28. The van der Waals surface area contributed by atoms with Crippen molar-refractivity contribution in [3.8, 4) is 0 Å². The molecule has 0 unspecified atom stereocenters. The number of hydrogen-bond acceptors (Lipinski definition) is 8. The Morgan fingerprint density at radius 3 is 1.93 bits per heavy atom. The Labute approximate surface area is 169 Å². The lowest BCUT2D eigenvalue weighted by atomic mass is 10.2. The number of imide groups is 1. The van der Waals surface area contributed by atoms with E-state index in [-0.39, 0.29) is 24.5 Å². The monoisotopic (exact) mass is 411 g/mol. The fourth-order valence-corrected chi connectivity index (χ4v) is 2.14. The van der Waals surface area contributed by atoms with Crippen LogP contribution >= 0.6 is 0 Å². The molecule has 0 aromatic carbocycles. The van der Waals surface area contributed by atoms with Gasteiger partial charge in [-0.15, -0.1) is 0 Å². The summed E-state index contributed by atoms with van der Waals surface area (Å²) in [5.41, 5.74) is -2.35. The van der Waals surface area contributed by atoms with Gasteiger partial charge < -0.3 is 14.2 Å². The third kappa shape index (κ3) is 7.55. The Hall–Kier alpha value is -2.91. The second kappa shape index (κ2) is 9.06. The van der Waals surface area contributed by atoms with Crippen molar-refractivity contribution < 1.29 is 28.6 Å². The maximum absolute atomic E-state index is 12.7. The highest BCUT2D eigenvalue weighted by Crippen LogP contribution is 2.22. The first-order valence-electron chi connectivity index (χ1n) is 9.14. The molecule has 0 aliphatic heterocycles. The maximum Gasteiger partial charge on any atom is 0.425 e. The molecule has 0 atom stereocenters. The number of amides is 2. The summed E-state index contributed by atoms with van der Waals surface area (Å²) in [5, 5.41) is 0. The van der Waals surface area contributed by atoms with E-state index in [1.165, 1.54) is 13.1 Å². The molecule has 1 aromatic rings. The topological polar surface area (TPSA) is 117 Å². The average Bonchev–Trinajstić information content (AvgIpc) is 2.48. The zero-order valence-corrected chi connectivity index (χ0v) is 18.2. The molecular weight excluding hydrogens is 382 g/mol. The van der Waals surface area contributed by atoms with Gasteiger partial charge in [-0.3, -0.25) is 9.36 Å². The van der Waals surface area contributed by atoms with Gasteiger partial charge in [-0.05, 0) is 55.4 Å². The molecule has 10 nitrogen and oxygen atoms in total. The van der Waals surface area contributed by atoms with Crippen LogP contribution in [0.4, 0.5) is 15.4 Å². The van der Waals surface area contributed by atoms with Crippen molar-refractivity contribution in [2.45, 2.75) is 73.1 Å². The Morgan fingerprint density at radius 1 is 1.03 bits per heavy atom. The van der Waals surface area contributed by atoms with E-state index in [9.17, 15) is 19.2 Å². The number of rotatable bonds is 4. The molecule has 1 heterocycles. The highest BCUT2D eigenvalue weighted by Gasteiger charge is 2.35. The largest absolute Gasteiger partial charge is 0.465 e. The number of esters is 1. The smallest absolute Gasteiger partial charge is 0.425 e. The first-order chi connectivity index (χ1) is 13.1. The predicted octanol–water partition coefficient (Wildman–Crippen LogP) is 2.79. The van der Waals surface area contributed by atoms with Crippen molar-refractivity contribution in [3.63, 3.8) is 0 Å². The van der Waals surface area contributed by atoms with E-state index >= 15 is 0 Å². The molecule has 0 spiro atoms. The van der Waals surface area contributed by atoms with Crippen LogP contribution in [0.15, 0.2) is 11.0 Å². The van der Waals surface area contributed by atoms with Crippen LogP contribution in [0.1, 0.15) is 54.0 Å². The number of carbonyl (C=O) groups excluding carboxylic acids is 3. The van der Waals surface area contributed by atoms with Crippen LogP contribution in [0.25, 0.3) is 0 Å². The summed E-state index contributed by atoms with van der Waals surface area (Å²) in [7, 11) is 0. The van der Waals surface area contributed by atoms with E-state index in [0.29, 0.717) is 4.90 Å². The van der Waals surface area contributed by atoms with E-state index in [2.05, 4.69) is 4.98 Å². The van der Waals surface area contributed by atoms with Gasteiger partial charge in [-0.1, -0.05) is 0 Å². The van der Waals surface area contributed by atoms with E-state index in [4.69, 9.17) is 14.2 Å². The van der Waals surface area contributed by atoms with Gasteiger partial charge in [0.15, 0.2) is 5.82 Å². The molecule has 1 rings (SSSR count). The molecule has 0 aliphatic rings. The van der Waals surface area contributed by atoms with E-state index < -0.39 is 35.0 Å². The van der Waals surface area contributed by atoms with Gasteiger partial charge in [0.25, 0.3) is 0 Å². The van der Waals surface area contributed by atoms with Crippen LogP contribution < -0.4 is 10.6 Å². The second-order valence-electron chi connectivity index (χ2n) is 8.26. The van der Waals surface area contributed by atoms with E-state index in [0.717, 1.165) is 4.57 Å². The van der Waals surface area contributed by atoms with Gasteiger partial charge in [0.2, 0.25) is 0 Å². The van der Waals surface area contributed by atoms with Crippen LogP contribution in [0.2, 0.25) is 0 Å². The number of nitrogens with zero attached hydrogens (tertiary/aromatic N) is 3. The van der Waals surface area contributed by atoms with Gasteiger partial charge in [0.05, 0.1) is 6.61 Å². The van der Waals surface area contributed by atoms with E-state index in [1.807, 2.05) is 0 Å². The Morgan fingerprint density at radius 2 is 1.52 bits per heavy atom. The van der Waals surface area contributed by atoms with Crippen LogP contribution in [0.3, 0.4) is 0 Å². The van der Waals surface area contributed by atoms with Crippen LogP contribution in [-0.4, -0.2) is 45.5 Å². The summed E-state index contributed by atoms with van der Waals surface area (Å²) in [4.78, 5) is 53.8. The minimum absolute atomic E-state index is 0.170. The van der Waals surface area contributed by atoms with Gasteiger partial charge in [-0.2, -0.15) is 9.88 Å². The SMILES string of the molecule is CCOC(=O)Cn1cc(C)c(N(C(=O)OC(C)(C)C)C(=O)OC(C)(C)C)nc1=O. The summed E-state index contributed by atoms with van der Waals surface area (Å²) in [6, 6.07) is 0. The summed E-state index contributed by atoms with van der Waals surface area (Å²) in [6.07, 6.45) is -0.765. The van der Waals surface area contributed by atoms with Crippen molar-refractivity contribution in [2.75, 3.05) is 11.5 Å². The number of hydrogen-bond donors (Lipinski definition) is 0. The summed E-state index contributed by atoms with van der Waals surface area (Å²) in [6.45, 7) is 12.8. The Balaban J connectivity index is 3.39. The van der Waals surface area contributed by atoms with Gasteiger partial charge in [0, 0.05) is 11.8 Å². The van der Waals surface area contributed by atoms with Gasteiger partial charge in [0.1, 0.15) is 17.7 Å². The predicted molar refractivity (Wildman–Crippen MR) is 105 cm³/mol. The quantitative estimate of drug-likeness (QED) is 0.548. The zero-order chi connectivity index (χ0) is 22.6. The maximum atomic E-state index is 12.7. The first-order valence-corrected chi connectivity index (χ1v) is 9.14. The third-order valence-corrected chi connectivity index (χ3v) is 3.12. The lowest BCUT2D eigenvalue weighted by Crippen LogP contribution is -2.45. The van der Waals surface area contributed by atoms with Crippen molar-refractivity contribution in [3.05, 3.63) is 22.2 Å². The molecule has 0 fully saturated rings. The van der Waals surface area contributed by atoms with Gasteiger partial charge in [-0.25, -0.2) is 14.4 Å². The number of ether oxygens (including phenoxy) is 3. The first kappa shape index (κ1) is 24.1. The van der Waals surface area contributed by atoms with Crippen LogP contribution in [-0.2, 0) is 25.5 Å². The fraction of sp³-hybridized carbons (Fsp3) is 0.632. The van der Waals surface area contributed by atoms with Crippen LogP contribution in [0.5, 0.6) is 0 Å². The second-order valence-corrected chi connectivity index (χ2v) is 8.26. The number of aromatic nitrogens is 2. The molecule has 29 heavy (non-hydrogen) atoms. The molecule has 2 amide bonds. The minimum atomic E-state index is -1.04. The van der Waals surface area contributed by atoms with Crippen molar-refractivity contribution in [1.82, 2.24) is 9.55 Å². The van der Waals surface area contributed by atoms with Crippen molar-refractivity contribution in [1.29, 1.82) is 0 Å². The number of aryl methyl sites for hydroxylation is 1. The van der Waals surface area contributed by atoms with Crippen molar-refractivity contribution >= 4 is 24.0 Å². The molecule has 0 saturated heterocycles. The van der Waals surface area contributed by atoms with Gasteiger partial charge >= 0.3 is 23.8 Å². The summed E-state index contributed by atoms with van der Waals surface area (Å²) >= 11 is 0. The fourth-order valence-electron chi connectivity index (χ4n) is 2.14. The lowest BCUT2D eigenvalue weighted by molar-refractivity contribution is -0.143. The van der Waals surface area contributed by atoms with Crippen molar-refractivity contribution in [2.24, 2.45) is 0 Å². The molecule has 0 radical (unpaired) electrons. The molecule has 162 valence electrons. The zero-order valence-electron chi connectivity index (χ0n) is 18.2.